The number of benzene rings is 1. The second-order valence-corrected chi connectivity index (χ2v) is 7.94. The first-order valence-corrected chi connectivity index (χ1v) is 9.10. The molecule has 1 amide bonds. The lowest BCUT2D eigenvalue weighted by molar-refractivity contribution is -0.123. The zero-order chi connectivity index (χ0) is 16.5. The van der Waals surface area contributed by atoms with E-state index in [1.807, 2.05) is 0 Å². The zero-order valence-corrected chi connectivity index (χ0v) is 13.6. The Morgan fingerprint density at radius 2 is 1.83 bits per heavy atom. The van der Waals surface area contributed by atoms with E-state index in [4.69, 9.17) is 10.5 Å². The Labute approximate surface area is 135 Å². The summed E-state index contributed by atoms with van der Waals surface area (Å²) in [7, 11) is -3.48. The highest BCUT2D eigenvalue weighted by molar-refractivity contribution is 7.89. The van der Waals surface area contributed by atoms with Crippen molar-refractivity contribution in [2.75, 3.05) is 26.3 Å². The van der Waals surface area contributed by atoms with Crippen LogP contribution in [0.4, 0.5) is 0 Å². The number of amides is 1. The van der Waals surface area contributed by atoms with Crippen molar-refractivity contribution in [2.45, 2.75) is 29.8 Å². The van der Waals surface area contributed by atoms with Gasteiger partial charge < -0.3 is 15.8 Å². The molecule has 7 nitrogen and oxygen atoms in total. The van der Waals surface area contributed by atoms with Gasteiger partial charge in [-0.1, -0.05) is 12.1 Å². The Bertz CT molecular complexity index is 677. The molecule has 0 aromatic heterocycles. The molecular formula is C15H21N3O4S. The number of sulfonamides is 1. The number of carbonyl (C=O) groups excluding carboxylic acids is 1. The molecule has 3 N–H and O–H groups in total. The van der Waals surface area contributed by atoms with Gasteiger partial charge in [0.1, 0.15) is 0 Å². The Balaban J connectivity index is 1.63. The van der Waals surface area contributed by atoms with Crippen LogP contribution in [0.3, 0.4) is 0 Å². The van der Waals surface area contributed by atoms with E-state index in [1.165, 1.54) is 4.31 Å². The first-order valence-electron chi connectivity index (χ1n) is 7.66. The van der Waals surface area contributed by atoms with Crippen molar-refractivity contribution in [3.63, 3.8) is 0 Å². The fourth-order valence-electron chi connectivity index (χ4n) is 2.44. The smallest absolute Gasteiger partial charge is 0.243 e. The van der Waals surface area contributed by atoms with Gasteiger partial charge in [0, 0.05) is 19.6 Å². The molecule has 0 spiro atoms. The molecule has 1 aliphatic heterocycles. The Morgan fingerprint density at radius 1 is 1.22 bits per heavy atom. The standard InChI is InChI=1S/C15H21N3O4S/c16-15(5-6-15)14(19)17-11-12-1-3-13(4-2-12)23(20,21)18-7-9-22-10-8-18/h1-4H,5-11,16H2,(H,17,19). The number of morpholine rings is 1. The lowest BCUT2D eigenvalue weighted by Crippen LogP contribution is -2.42. The number of hydrogen-bond donors (Lipinski definition) is 2. The number of rotatable bonds is 5. The average molecular weight is 339 g/mol. The Morgan fingerprint density at radius 3 is 2.39 bits per heavy atom. The molecule has 1 saturated carbocycles. The van der Waals surface area contributed by atoms with E-state index in [0.29, 0.717) is 32.8 Å². The van der Waals surface area contributed by atoms with Crippen molar-refractivity contribution in [1.29, 1.82) is 0 Å². The van der Waals surface area contributed by atoms with Crippen LogP contribution < -0.4 is 11.1 Å². The molecule has 2 fully saturated rings. The van der Waals surface area contributed by atoms with E-state index in [0.717, 1.165) is 18.4 Å². The molecule has 1 aromatic rings. The van der Waals surface area contributed by atoms with Crippen LogP contribution in [0.1, 0.15) is 18.4 Å². The summed E-state index contributed by atoms with van der Waals surface area (Å²) < 4.78 is 31.6. The summed E-state index contributed by atoms with van der Waals surface area (Å²) in [4.78, 5) is 12.0. The van der Waals surface area contributed by atoms with E-state index >= 15 is 0 Å². The molecule has 1 heterocycles. The van der Waals surface area contributed by atoms with Gasteiger partial charge >= 0.3 is 0 Å². The summed E-state index contributed by atoms with van der Waals surface area (Å²) in [5, 5.41) is 2.78. The highest BCUT2D eigenvalue weighted by Crippen LogP contribution is 2.32. The summed E-state index contributed by atoms with van der Waals surface area (Å²) in [6.07, 6.45) is 1.44. The van der Waals surface area contributed by atoms with Crippen molar-refractivity contribution >= 4 is 15.9 Å². The maximum absolute atomic E-state index is 12.5. The highest BCUT2D eigenvalue weighted by Gasteiger charge is 2.45. The van der Waals surface area contributed by atoms with Crippen LogP contribution in [-0.4, -0.2) is 50.5 Å². The number of hydrogen-bond acceptors (Lipinski definition) is 5. The normalized spacial score (nSPS) is 20.9. The number of nitrogens with zero attached hydrogens (tertiary/aromatic N) is 1. The molecule has 126 valence electrons. The molecule has 0 bridgehead atoms. The summed E-state index contributed by atoms with van der Waals surface area (Å²) >= 11 is 0. The maximum Gasteiger partial charge on any atom is 0.243 e. The summed E-state index contributed by atoms with van der Waals surface area (Å²) in [5.41, 5.74) is 5.95. The van der Waals surface area contributed by atoms with Crippen LogP contribution in [0, 0.1) is 0 Å². The maximum atomic E-state index is 12.5. The monoisotopic (exact) mass is 339 g/mol. The first kappa shape index (κ1) is 16.4. The van der Waals surface area contributed by atoms with Crippen molar-refractivity contribution < 1.29 is 17.9 Å². The van der Waals surface area contributed by atoms with Crippen molar-refractivity contribution in [3.8, 4) is 0 Å². The van der Waals surface area contributed by atoms with Crippen LogP contribution in [0.2, 0.25) is 0 Å². The lowest BCUT2D eigenvalue weighted by atomic mass is 10.2. The first-order chi connectivity index (χ1) is 10.9. The highest BCUT2D eigenvalue weighted by atomic mass is 32.2. The topological polar surface area (TPSA) is 102 Å². The molecule has 0 radical (unpaired) electrons. The minimum absolute atomic E-state index is 0.150. The van der Waals surface area contributed by atoms with Crippen molar-refractivity contribution in [2.24, 2.45) is 5.73 Å². The van der Waals surface area contributed by atoms with Crippen LogP contribution in [0.25, 0.3) is 0 Å². The van der Waals surface area contributed by atoms with Crippen molar-refractivity contribution in [3.05, 3.63) is 29.8 Å². The molecule has 2 aliphatic rings. The zero-order valence-electron chi connectivity index (χ0n) is 12.8. The van der Waals surface area contributed by atoms with Gasteiger partial charge in [0.15, 0.2) is 0 Å². The fraction of sp³-hybridized carbons (Fsp3) is 0.533. The second kappa shape index (κ2) is 6.20. The predicted octanol–water partition coefficient (Wildman–Crippen LogP) is -0.185. The van der Waals surface area contributed by atoms with Gasteiger partial charge in [-0.15, -0.1) is 0 Å². The largest absolute Gasteiger partial charge is 0.379 e. The van der Waals surface area contributed by atoms with Gasteiger partial charge in [0.25, 0.3) is 0 Å². The molecule has 0 unspecified atom stereocenters. The molecule has 8 heteroatoms. The van der Waals surface area contributed by atoms with E-state index in [2.05, 4.69) is 5.32 Å². The molecule has 1 aromatic carbocycles. The van der Waals surface area contributed by atoms with Crippen LogP contribution >= 0.6 is 0 Å². The van der Waals surface area contributed by atoms with Gasteiger partial charge in [-0.3, -0.25) is 4.79 Å². The molecule has 0 atom stereocenters. The number of carbonyl (C=O) groups is 1. The van der Waals surface area contributed by atoms with Crippen LogP contribution in [0.15, 0.2) is 29.2 Å². The number of nitrogens with one attached hydrogen (secondary N) is 1. The molecule has 23 heavy (non-hydrogen) atoms. The average Bonchev–Trinajstić information content (AvgIpc) is 3.33. The number of ether oxygens (including phenoxy) is 1. The van der Waals surface area contributed by atoms with Gasteiger partial charge in [-0.25, -0.2) is 8.42 Å². The fourth-order valence-corrected chi connectivity index (χ4v) is 3.84. The van der Waals surface area contributed by atoms with E-state index in [-0.39, 0.29) is 10.8 Å². The quantitative estimate of drug-likeness (QED) is 0.774. The third kappa shape index (κ3) is 3.55. The Hall–Kier alpha value is -1.48. The third-order valence-electron chi connectivity index (χ3n) is 4.23. The van der Waals surface area contributed by atoms with E-state index < -0.39 is 15.6 Å². The van der Waals surface area contributed by atoms with Crippen molar-refractivity contribution in [1.82, 2.24) is 9.62 Å². The molecule has 1 aliphatic carbocycles. The SMILES string of the molecule is NC1(C(=O)NCc2ccc(S(=O)(=O)N3CCOCC3)cc2)CC1. The van der Waals surface area contributed by atoms with Crippen LogP contribution in [0.5, 0.6) is 0 Å². The third-order valence-corrected chi connectivity index (χ3v) is 6.14. The molecular weight excluding hydrogens is 318 g/mol. The molecule has 1 saturated heterocycles. The van der Waals surface area contributed by atoms with Gasteiger partial charge in [0.2, 0.25) is 15.9 Å². The Kier molecular flexibility index (Phi) is 4.41. The van der Waals surface area contributed by atoms with Gasteiger partial charge in [-0.05, 0) is 30.5 Å². The second-order valence-electron chi connectivity index (χ2n) is 6.00. The van der Waals surface area contributed by atoms with Crippen LogP contribution in [-0.2, 0) is 26.1 Å². The summed E-state index contributed by atoms with van der Waals surface area (Å²) in [5.74, 6) is -0.150. The number of nitrogens with two attached hydrogens (primary N) is 1. The predicted molar refractivity (Wildman–Crippen MR) is 84.0 cm³/mol. The van der Waals surface area contributed by atoms with Gasteiger partial charge in [-0.2, -0.15) is 4.31 Å². The minimum Gasteiger partial charge on any atom is -0.379 e. The molecule has 3 rings (SSSR count). The van der Waals surface area contributed by atoms with E-state index in [1.54, 1.807) is 24.3 Å². The summed E-state index contributed by atoms with van der Waals surface area (Å²) in [6.45, 7) is 1.93. The van der Waals surface area contributed by atoms with E-state index in [9.17, 15) is 13.2 Å². The lowest BCUT2D eigenvalue weighted by Gasteiger charge is -2.26. The minimum atomic E-state index is -3.48. The summed E-state index contributed by atoms with van der Waals surface area (Å²) in [6, 6.07) is 6.57. The van der Waals surface area contributed by atoms with Gasteiger partial charge in [0.05, 0.1) is 23.6 Å².